The highest BCUT2D eigenvalue weighted by molar-refractivity contribution is 6.29. The zero-order valence-electron chi connectivity index (χ0n) is 10.4. The molecule has 1 aromatic heterocycles. The molecule has 0 aliphatic carbocycles. The van der Waals surface area contributed by atoms with E-state index in [1.807, 2.05) is 6.92 Å². The lowest BCUT2D eigenvalue weighted by Gasteiger charge is -2.29. The van der Waals surface area contributed by atoms with Crippen molar-refractivity contribution in [3.05, 3.63) is 22.8 Å². The first-order valence-electron chi connectivity index (χ1n) is 5.38. The molecular formula is C12H17ClN2O2. The summed E-state index contributed by atoms with van der Waals surface area (Å²) in [5.41, 5.74) is 0.130. The van der Waals surface area contributed by atoms with Gasteiger partial charge in [0, 0.05) is 6.04 Å². The highest BCUT2D eigenvalue weighted by atomic mass is 35.5. The van der Waals surface area contributed by atoms with Crippen LogP contribution in [0.3, 0.4) is 0 Å². The molecule has 5 heteroatoms. The molecule has 0 fully saturated rings. The SMILES string of the molecule is CC(Nc1nc(Cl)ccc1C(=O)O)C(C)(C)C. The van der Waals surface area contributed by atoms with Gasteiger partial charge in [0.05, 0.1) is 0 Å². The van der Waals surface area contributed by atoms with Crippen LogP contribution in [0.1, 0.15) is 38.1 Å². The highest BCUT2D eigenvalue weighted by Gasteiger charge is 2.22. The number of hydrogen-bond donors (Lipinski definition) is 2. The van der Waals surface area contributed by atoms with Gasteiger partial charge in [-0.3, -0.25) is 0 Å². The number of pyridine rings is 1. The van der Waals surface area contributed by atoms with E-state index in [-0.39, 0.29) is 22.2 Å². The molecule has 17 heavy (non-hydrogen) atoms. The van der Waals surface area contributed by atoms with Crippen LogP contribution in [-0.2, 0) is 0 Å². The summed E-state index contributed by atoms with van der Waals surface area (Å²) in [4.78, 5) is 15.1. The molecule has 1 unspecified atom stereocenters. The zero-order chi connectivity index (χ0) is 13.2. The Balaban J connectivity index is 3.04. The molecule has 0 saturated heterocycles. The summed E-state index contributed by atoms with van der Waals surface area (Å²) in [5.74, 6) is -0.704. The van der Waals surface area contributed by atoms with E-state index in [0.717, 1.165) is 0 Å². The minimum Gasteiger partial charge on any atom is -0.478 e. The first kappa shape index (κ1) is 13.8. The molecule has 0 bridgehead atoms. The smallest absolute Gasteiger partial charge is 0.339 e. The fourth-order valence-electron chi connectivity index (χ4n) is 1.14. The number of carboxylic acid groups (broad SMARTS) is 1. The molecule has 1 heterocycles. The van der Waals surface area contributed by atoms with Crippen LogP contribution >= 0.6 is 11.6 Å². The second-order valence-corrected chi connectivity index (χ2v) is 5.45. The number of anilines is 1. The number of halogens is 1. The quantitative estimate of drug-likeness (QED) is 0.815. The first-order valence-corrected chi connectivity index (χ1v) is 5.76. The molecule has 0 aliphatic rings. The van der Waals surface area contributed by atoms with Gasteiger partial charge in [-0.25, -0.2) is 9.78 Å². The second-order valence-electron chi connectivity index (χ2n) is 5.07. The van der Waals surface area contributed by atoms with Crippen molar-refractivity contribution < 1.29 is 9.90 Å². The summed E-state index contributed by atoms with van der Waals surface area (Å²) in [6, 6.07) is 3.00. The Labute approximate surface area is 106 Å². The van der Waals surface area contributed by atoms with Crippen LogP contribution in [-0.4, -0.2) is 22.1 Å². The Hall–Kier alpha value is -1.29. The molecular weight excluding hydrogens is 240 g/mol. The fraction of sp³-hybridized carbons (Fsp3) is 0.500. The molecule has 1 rings (SSSR count). The molecule has 0 spiro atoms. The normalized spacial score (nSPS) is 13.2. The lowest BCUT2D eigenvalue weighted by Crippen LogP contribution is -2.31. The van der Waals surface area contributed by atoms with Crippen molar-refractivity contribution in [2.75, 3.05) is 5.32 Å². The van der Waals surface area contributed by atoms with Crippen molar-refractivity contribution in [3.8, 4) is 0 Å². The van der Waals surface area contributed by atoms with E-state index in [9.17, 15) is 4.79 Å². The van der Waals surface area contributed by atoms with Crippen molar-refractivity contribution in [2.45, 2.75) is 33.7 Å². The van der Waals surface area contributed by atoms with Crippen molar-refractivity contribution in [1.29, 1.82) is 0 Å². The fourth-order valence-corrected chi connectivity index (χ4v) is 1.29. The topological polar surface area (TPSA) is 62.2 Å². The van der Waals surface area contributed by atoms with Crippen LogP contribution in [0.25, 0.3) is 0 Å². The Morgan fingerprint density at radius 2 is 2.06 bits per heavy atom. The number of rotatable bonds is 3. The number of aromatic carboxylic acids is 1. The highest BCUT2D eigenvalue weighted by Crippen LogP contribution is 2.24. The van der Waals surface area contributed by atoms with Gasteiger partial charge in [0.2, 0.25) is 0 Å². The molecule has 0 aliphatic heterocycles. The van der Waals surface area contributed by atoms with Crippen LogP contribution in [0.15, 0.2) is 12.1 Å². The van der Waals surface area contributed by atoms with Crippen molar-refractivity contribution in [3.63, 3.8) is 0 Å². The molecule has 1 atom stereocenters. The van der Waals surface area contributed by atoms with E-state index in [2.05, 4.69) is 31.1 Å². The maximum atomic E-state index is 11.0. The van der Waals surface area contributed by atoms with E-state index < -0.39 is 5.97 Å². The average Bonchev–Trinajstić information content (AvgIpc) is 2.15. The third-order valence-electron chi connectivity index (χ3n) is 2.74. The van der Waals surface area contributed by atoms with Crippen molar-refractivity contribution >= 4 is 23.4 Å². The minimum absolute atomic E-state index is 0.000227. The third-order valence-corrected chi connectivity index (χ3v) is 2.95. The molecule has 0 saturated carbocycles. The van der Waals surface area contributed by atoms with Crippen LogP contribution in [0.4, 0.5) is 5.82 Å². The summed E-state index contributed by atoms with van der Waals surface area (Å²) in [5, 5.41) is 12.4. The summed E-state index contributed by atoms with van der Waals surface area (Å²) in [6.45, 7) is 8.18. The molecule has 4 nitrogen and oxygen atoms in total. The Morgan fingerprint density at radius 1 is 1.47 bits per heavy atom. The molecule has 0 radical (unpaired) electrons. The predicted molar refractivity (Wildman–Crippen MR) is 68.7 cm³/mol. The molecule has 0 amide bonds. The third kappa shape index (κ3) is 3.60. The Bertz CT molecular complexity index is 427. The summed E-state index contributed by atoms with van der Waals surface area (Å²) in [7, 11) is 0. The van der Waals surface area contributed by atoms with E-state index >= 15 is 0 Å². The van der Waals surface area contributed by atoms with Gasteiger partial charge in [-0.15, -0.1) is 0 Å². The number of nitrogens with one attached hydrogen (secondary N) is 1. The van der Waals surface area contributed by atoms with Gasteiger partial charge in [0.25, 0.3) is 0 Å². The monoisotopic (exact) mass is 256 g/mol. The van der Waals surface area contributed by atoms with Gasteiger partial charge >= 0.3 is 5.97 Å². The summed E-state index contributed by atoms with van der Waals surface area (Å²) in [6.07, 6.45) is 0. The predicted octanol–water partition coefficient (Wildman–Crippen LogP) is 3.28. The molecule has 0 aromatic carbocycles. The van der Waals surface area contributed by atoms with Gasteiger partial charge in [0.15, 0.2) is 0 Å². The van der Waals surface area contributed by atoms with Gasteiger partial charge in [-0.05, 0) is 24.5 Å². The van der Waals surface area contributed by atoms with Crippen molar-refractivity contribution in [1.82, 2.24) is 4.98 Å². The second kappa shape index (κ2) is 4.92. The zero-order valence-corrected chi connectivity index (χ0v) is 11.2. The summed E-state index contributed by atoms with van der Waals surface area (Å²) >= 11 is 5.78. The van der Waals surface area contributed by atoms with Crippen LogP contribution in [0.5, 0.6) is 0 Å². The van der Waals surface area contributed by atoms with Crippen LogP contribution < -0.4 is 5.32 Å². The van der Waals surface area contributed by atoms with E-state index in [1.165, 1.54) is 12.1 Å². The number of carboxylic acids is 1. The van der Waals surface area contributed by atoms with E-state index in [1.54, 1.807) is 0 Å². The molecule has 94 valence electrons. The van der Waals surface area contributed by atoms with Crippen LogP contribution in [0, 0.1) is 5.41 Å². The van der Waals surface area contributed by atoms with E-state index in [0.29, 0.717) is 5.82 Å². The van der Waals surface area contributed by atoms with Crippen LogP contribution in [0.2, 0.25) is 5.15 Å². The minimum atomic E-state index is -1.02. The maximum absolute atomic E-state index is 11.0. The number of nitrogens with zero attached hydrogens (tertiary/aromatic N) is 1. The van der Waals surface area contributed by atoms with Gasteiger partial charge < -0.3 is 10.4 Å². The number of carbonyl (C=O) groups is 1. The van der Waals surface area contributed by atoms with E-state index in [4.69, 9.17) is 16.7 Å². The first-order chi connectivity index (χ1) is 7.71. The number of aromatic nitrogens is 1. The molecule has 2 N–H and O–H groups in total. The average molecular weight is 257 g/mol. The number of hydrogen-bond acceptors (Lipinski definition) is 3. The lowest BCUT2D eigenvalue weighted by molar-refractivity contribution is 0.0697. The summed E-state index contributed by atoms with van der Waals surface area (Å²) < 4.78 is 0. The maximum Gasteiger partial charge on any atom is 0.339 e. The largest absolute Gasteiger partial charge is 0.478 e. The van der Waals surface area contributed by atoms with Gasteiger partial charge in [-0.1, -0.05) is 32.4 Å². The molecule has 1 aromatic rings. The van der Waals surface area contributed by atoms with Gasteiger partial charge in [0.1, 0.15) is 16.5 Å². The standard InChI is InChI=1S/C12H17ClN2O2/c1-7(12(2,3)4)14-10-8(11(16)17)5-6-9(13)15-10/h5-7H,1-4H3,(H,14,15)(H,16,17). The van der Waals surface area contributed by atoms with Gasteiger partial charge in [-0.2, -0.15) is 0 Å². The lowest BCUT2D eigenvalue weighted by atomic mass is 9.88. The Morgan fingerprint density at radius 3 is 2.53 bits per heavy atom. The van der Waals surface area contributed by atoms with Crippen molar-refractivity contribution in [2.24, 2.45) is 5.41 Å². The Kier molecular flexibility index (Phi) is 3.98.